The van der Waals surface area contributed by atoms with Crippen molar-refractivity contribution in [2.75, 3.05) is 24.2 Å². The van der Waals surface area contributed by atoms with E-state index in [-0.39, 0.29) is 5.75 Å². The molecule has 0 radical (unpaired) electrons. The first kappa shape index (κ1) is 13.0. The van der Waals surface area contributed by atoms with E-state index in [9.17, 15) is 8.42 Å². The Kier molecular flexibility index (Phi) is 4.31. The second kappa shape index (κ2) is 5.31. The minimum Gasteiger partial charge on any atom is -0.384 e. The number of hydrogen-bond donors (Lipinski definition) is 1. The van der Waals surface area contributed by atoms with E-state index in [1.165, 1.54) is 4.68 Å². The number of nitrogens with zero attached hydrogens (tertiary/aromatic N) is 2. The molecule has 0 bridgehead atoms. The molecule has 0 aromatic carbocycles. The van der Waals surface area contributed by atoms with Crippen LogP contribution in [0.3, 0.4) is 0 Å². The summed E-state index contributed by atoms with van der Waals surface area (Å²) in [7, 11) is 0.0687. The number of ether oxygens (including phenoxy) is 1. The van der Waals surface area contributed by atoms with Crippen molar-refractivity contribution in [2.24, 2.45) is 7.05 Å². The molecule has 0 fully saturated rings. The lowest BCUT2D eigenvalue weighted by Gasteiger charge is -2.04. The summed E-state index contributed by atoms with van der Waals surface area (Å²) in [4.78, 5) is 0. The fourth-order valence-electron chi connectivity index (χ4n) is 1.18. The fraction of sp³-hybridized carbons (Fsp3) is 0.667. The maximum absolute atomic E-state index is 11.4. The van der Waals surface area contributed by atoms with E-state index in [4.69, 9.17) is 4.74 Å². The van der Waals surface area contributed by atoms with Crippen molar-refractivity contribution in [3.8, 4) is 0 Å². The molecule has 0 aliphatic heterocycles. The van der Waals surface area contributed by atoms with Gasteiger partial charge in [-0.25, -0.2) is 8.42 Å². The van der Waals surface area contributed by atoms with E-state index >= 15 is 0 Å². The summed E-state index contributed by atoms with van der Waals surface area (Å²) >= 11 is 0. The number of hydrogen-bond acceptors (Lipinski definition) is 4. The summed E-state index contributed by atoms with van der Waals surface area (Å²) in [5.41, 5.74) is 0.804. The van der Waals surface area contributed by atoms with Crippen LogP contribution in [-0.2, 0) is 28.2 Å². The number of aromatic nitrogens is 2. The largest absolute Gasteiger partial charge is 0.384 e. The molecule has 1 heterocycles. The topological polar surface area (TPSA) is 73.2 Å². The van der Waals surface area contributed by atoms with Gasteiger partial charge >= 0.3 is 0 Å². The average Bonchev–Trinajstić information content (AvgIpc) is 2.56. The van der Waals surface area contributed by atoms with E-state index in [2.05, 4.69) is 9.82 Å². The highest BCUT2D eigenvalue weighted by molar-refractivity contribution is 7.92. The molecule has 0 amide bonds. The van der Waals surface area contributed by atoms with Gasteiger partial charge in [-0.2, -0.15) is 5.10 Å². The van der Waals surface area contributed by atoms with Crippen LogP contribution in [0.4, 0.5) is 5.82 Å². The van der Waals surface area contributed by atoms with Gasteiger partial charge in [-0.3, -0.25) is 9.40 Å². The Morgan fingerprint density at radius 3 is 2.81 bits per heavy atom. The van der Waals surface area contributed by atoms with E-state index in [0.29, 0.717) is 18.8 Å². The van der Waals surface area contributed by atoms with Gasteiger partial charge in [0, 0.05) is 26.6 Å². The number of methoxy groups -OCH3 is 1. The molecule has 1 aromatic heterocycles. The predicted octanol–water partition coefficient (Wildman–Crippen LogP) is 0.371. The summed E-state index contributed by atoms with van der Waals surface area (Å²) < 4.78 is 31.6. The first-order valence-electron chi connectivity index (χ1n) is 5.01. The Morgan fingerprint density at radius 2 is 2.25 bits per heavy atom. The van der Waals surface area contributed by atoms with E-state index < -0.39 is 10.0 Å². The molecule has 16 heavy (non-hydrogen) atoms. The van der Waals surface area contributed by atoms with Gasteiger partial charge in [0.25, 0.3) is 0 Å². The number of rotatable bonds is 6. The van der Waals surface area contributed by atoms with E-state index in [1.54, 1.807) is 27.1 Å². The maximum Gasteiger partial charge on any atom is 0.233 e. The Morgan fingerprint density at radius 1 is 1.56 bits per heavy atom. The fourth-order valence-corrected chi connectivity index (χ4v) is 1.84. The van der Waals surface area contributed by atoms with Gasteiger partial charge in [0.15, 0.2) is 0 Å². The number of aryl methyl sites for hydroxylation is 1. The zero-order valence-electron chi connectivity index (χ0n) is 9.73. The molecule has 1 aromatic rings. The molecule has 0 saturated carbocycles. The average molecular weight is 247 g/mol. The van der Waals surface area contributed by atoms with Gasteiger partial charge < -0.3 is 4.74 Å². The molecule has 1 rings (SSSR count). The van der Waals surface area contributed by atoms with Crippen molar-refractivity contribution < 1.29 is 13.2 Å². The lowest BCUT2D eigenvalue weighted by Crippen LogP contribution is -2.16. The quantitative estimate of drug-likeness (QED) is 0.788. The highest BCUT2D eigenvalue weighted by Crippen LogP contribution is 2.11. The van der Waals surface area contributed by atoms with Gasteiger partial charge in [0.2, 0.25) is 10.0 Å². The molecule has 92 valence electrons. The van der Waals surface area contributed by atoms with Crippen LogP contribution in [0.1, 0.15) is 12.6 Å². The van der Waals surface area contributed by atoms with Crippen LogP contribution in [0, 0.1) is 0 Å². The lowest BCUT2D eigenvalue weighted by molar-refractivity contribution is 0.201. The van der Waals surface area contributed by atoms with E-state index in [0.717, 1.165) is 5.69 Å². The monoisotopic (exact) mass is 247 g/mol. The minimum atomic E-state index is -3.24. The summed E-state index contributed by atoms with van der Waals surface area (Å²) in [6.45, 7) is 2.15. The highest BCUT2D eigenvalue weighted by atomic mass is 32.2. The zero-order chi connectivity index (χ0) is 12.2. The lowest BCUT2D eigenvalue weighted by atomic mass is 10.3. The summed E-state index contributed by atoms with van der Waals surface area (Å²) in [5.74, 6) is 0.527. The maximum atomic E-state index is 11.4. The van der Waals surface area contributed by atoms with Crippen molar-refractivity contribution in [1.29, 1.82) is 0 Å². The molecule has 0 spiro atoms. The first-order chi connectivity index (χ1) is 7.48. The Labute approximate surface area is 95.7 Å². The normalized spacial score (nSPS) is 11.7. The van der Waals surface area contributed by atoms with Crippen LogP contribution in [0.15, 0.2) is 6.07 Å². The van der Waals surface area contributed by atoms with Gasteiger partial charge in [-0.1, -0.05) is 0 Å². The molecular weight excluding hydrogens is 230 g/mol. The molecule has 0 saturated heterocycles. The van der Waals surface area contributed by atoms with Crippen LogP contribution >= 0.6 is 0 Å². The van der Waals surface area contributed by atoms with Crippen molar-refractivity contribution in [3.05, 3.63) is 11.8 Å². The Bertz CT molecular complexity index is 439. The third-order valence-electron chi connectivity index (χ3n) is 2.13. The molecular formula is C9H17N3O3S. The third-order valence-corrected chi connectivity index (χ3v) is 3.41. The van der Waals surface area contributed by atoms with Gasteiger partial charge in [0.1, 0.15) is 5.82 Å². The van der Waals surface area contributed by atoms with Gasteiger partial charge in [-0.05, 0) is 6.92 Å². The third kappa shape index (κ3) is 3.49. The van der Waals surface area contributed by atoms with Crippen LogP contribution in [0.5, 0.6) is 0 Å². The minimum absolute atomic E-state index is 0.0472. The second-order valence-electron chi connectivity index (χ2n) is 3.39. The molecule has 0 aliphatic rings. The van der Waals surface area contributed by atoms with Crippen LogP contribution < -0.4 is 4.72 Å². The summed E-state index contributed by atoms with van der Waals surface area (Å²) in [5, 5.41) is 4.18. The number of anilines is 1. The van der Waals surface area contributed by atoms with Gasteiger partial charge in [-0.15, -0.1) is 0 Å². The van der Waals surface area contributed by atoms with E-state index in [1.807, 2.05) is 0 Å². The van der Waals surface area contributed by atoms with Gasteiger partial charge in [0.05, 0.1) is 18.1 Å². The molecule has 6 nitrogen and oxygen atoms in total. The SMILES string of the molecule is CCS(=O)(=O)Nc1cc(CCOC)nn1C. The molecule has 1 N–H and O–H groups in total. The molecule has 0 unspecified atom stereocenters. The van der Waals surface area contributed by atoms with Crippen molar-refractivity contribution in [1.82, 2.24) is 9.78 Å². The highest BCUT2D eigenvalue weighted by Gasteiger charge is 2.11. The predicted molar refractivity (Wildman–Crippen MR) is 61.9 cm³/mol. The second-order valence-corrected chi connectivity index (χ2v) is 5.40. The van der Waals surface area contributed by atoms with Crippen molar-refractivity contribution >= 4 is 15.8 Å². The van der Waals surface area contributed by atoms with Crippen molar-refractivity contribution in [2.45, 2.75) is 13.3 Å². The Balaban J connectivity index is 2.78. The summed E-state index contributed by atoms with van der Waals surface area (Å²) in [6, 6.07) is 1.71. The van der Waals surface area contributed by atoms with Crippen LogP contribution in [-0.4, -0.2) is 37.7 Å². The number of sulfonamides is 1. The van der Waals surface area contributed by atoms with Crippen LogP contribution in [0.25, 0.3) is 0 Å². The first-order valence-corrected chi connectivity index (χ1v) is 6.66. The molecule has 0 atom stereocenters. The Hall–Kier alpha value is -1.08. The molecule has 0 aliphatic carbocycles. The zero-order valence-corrected chi connectivity index (χ0v) is 10.5. The van der Waals surface area contributed by atoms with Crippen LogP contribution in [0.2, 0.25) is 0 Å². The smallest absolute Gasteiger partial charge is 0.233 e. The number of nitrogens with one attached hydrogen (secondary N) is 1. The van der Waals surface area contributed by atoms with Crippen molar-refractivity contribution in [3.63, 3.8) is 0 Å². The standard InChI is InChI=1S/C9H17N3O3S/c1-4-16(13,14)11-9-7-8(5-6-15-3)10-12(9)2/h7,11H,4-6H2,1-3H3. The molecule has 7 heteroatoms. The summed E-state index contributed by atoms with van der Waals surface area (Å²) in [6.07, 6.45) is 0.665.